The molecular weight excluding hydrogens is 294 g/mol. The zero-order valence-corrected chi connectivity index (χ0v) is 14.0. The van der Waals surface area contributed by atoms with Crippen molar-refractivity contribution in [2.45, 2.75) is 52.5 Å². The molecule has 1 aliphatic heterocycles. The SMILES string of the molecule is CCn1cncc1CNC(=O)c1c2c(nn1C)[C@H](C)O[C@H](C)C2. The molecule has 0 spiro atoms. The molecule has 0 aromatic carbocycles. The van der Waals surface area contributed by atoms with Crippen LogP contribution in [0.15, 0.2) is 12.5 Å². The van der Waals surface area contributed by atoms with Crippen LogP contribution in [0.1, 0.15) is 54.3 Å². The summed E-state index contributed by atoms with van der Waals surface area (Å²) in [5.74, 6) is -0.105. The molecule has 0 saturated carbocycles. The number of nitrogens with zero attached hydrogens (tertiary/aromatic N) is 4. The maximum atomic E-state index is 12.7. The van der Waals surface area contributed by atoms with E-state index in [1.165, 1.54) is 0 Å². The summed E-state index contributed by atoms with van der Waals surface area (Å²) >= 11 is 0. The van der Waals surface area contributed by atoms with Crippen molar-refractivity contribution in [2.24, 2.45) is 7.05 Å². The molecule has 1 amide bonds. The Morgan fingerprint density at radius 2 is 2.26 bits per heavy atom. The molecule has 0 bridgehead atoms. The van der Waals surface area contributed by atoms with Crippen molar-refractivity contribution < 1.29 is 9.53 Å². The quantitative estimate of drug-likeness (QED) is 0.929. The minimum absolute atomic E-state index is 0.0805. The third-order valence-electron chi connectivity index (χ3n) is 4.27. The highest BCUT2D eigenvalue weighted by molar-refractivity contribution is 5.94. The Bertz CT molecular complexity index is 718. The lowest BCUT2D eigenvalue weighted by molar-refractivity contribution is -0.00710. The van der Waals surface area contributed by atoms with Crippen LogP contribution in [0.3, 0.4) is 0 Å². The fraction of sp³-hybridized carbons (Fsp3) is 0.562. The van der Waals surface area contributed by atoms with Crippen molar-refractivity contribution >= 4 is 5.91 Å². The van der Waals surface area contributed by atoms with Crippen LogP contribution in [0, 0.1) is 0 Å². The van der Waals surface area contributed by atoms with Gasteiger partial charge in [-0.15, -0.1) is 0 Å². The normalized spacial score (nSPS) is 20.3. The van der Waals surface area contributed by atoms with E-state index < -0.39 is 0 Å². The zero-order valence-electron chi connectivity index (χ0n) is 14.0. The minimum atomic E-state index is -0.105. The van der Waals surface area contributed by atoms with E-state index in [0.717, 1.165) is 23.5 Å². The number of nitrogens with one attached hydrogen (secondary N) is 1. The lowest BCUT2D eigenvalue weighted by Crippen LogP contribution is -2.29. The van der Waals surface area contributed by atoms with E-state index in [2.05, 4.69) is 15.4 Å². The second-order valence-corrected chi connectivity index (χ2v) is 5.98. The summed E-state index contributed by atoms with van der Waals surface area (Å²) in [6.45, 7) is 7.33. The Morgan fingerprint density at radius 1 is 1.48 bits per heavy atom. The third-order valence-corrected chi connectivity index (χ3v) is 4.27. The highest BCUT2D eigenvalue weighted by Gasteiger charge is 2.31. The molecule has 0 fully saturated rings. The Morgan fingerprint density at radius 3 is 3.00 bits per heavy atom. The third kappa shape index (κ3) is 2.88. The van der Waals surface area contributed by atoms with Gasteiger partial charge in [-0.1, -0.05) is 0 Å². The van der Waals surface area contributed by atoms with Gasteiger partial charge in [-0.05, 0) is 20.8 Å². The maximum absolute atomic E-state index is 12.7. The highest BCUT2D eigenvalue weighted by Crippen LogP contribution is 2.31. The van der Waals surface area contributed by atoms with Crippen LogP contribution in [0.5, 0.6) is 0 Å². The monoisotopic (exact) mass is 317 g/mol. The van der Waals surface area contributed by atoms with Crippen molar-refractivity contribution in [3.63, 3.8) is 0 Å². The number of rotatable bonds is 4. The first kappa shape index (κ1) is 15.7. The van der Waals surface area contributed by atoms with Gasteiger partial charge >= 0.3 is 0 Å². The Kier molecular flexibility index (Phi) is 4.21. The van der Waals surface area contributed by atoms with Crippen molar-refractivity contribution in [3.05, 3.63) is 35.2 Å². The summed E-state index contributed by atoms with van der Waals surface area (Å²) in [6.07, 6.45) is 4.27. The number of amides is 1. The van der Waals surface area contributed by atoms with Crippen LogP contribution >= 0.6 is 0 Å². The number of fused-ring (bicyclic) bond motifs is 1. The second kappa shape index (κ2) is 6.16. The van der Waals surface area contributed by atoms with Crippen LogP contribution in [0.25, 0.3) is 0 Å². The number of carbonyl (C=O) groups is 1. The number of aromatic nitrogens is 4. The first-order chi connectivity index (χ1) is 11.0. The number of carbonyl (C=O) groups excluding carboxylic acids is 1. The fourth-order valence-electron chi connectivity index (χ4n) is 3.18. The number of imidazole rings is 1. The van der Waals surface area contributed by atoms with Gasteiger partial charge in [0.15, 0.2) is 0 Å². The topological polar surface area (TPSA) is 74.0 Å². The molecule has 23 heavy (non-hydrogen) atoms. The van der Waals surface area contributed by atoms with Gasteiger partial charge in [0.1, 0.15) is 5.69 Å². The van der Waals surface area contributed by atoms with Crippen LogP contribution in [0.2, 0.25) is 0 Å². The summed E-state index contributed by atoms with van der Waals surface area (Å²) in [5, 5.41) is 7.46. The van der Waals surface area contributed by atoms with E-state index in [-0.39, 0.29) is 18.1 Å². The van der Waals surface area contributed by atoms with E-state index >= 15 is 0 Å². The van der Waals surface area contributed by atoms with Gasteiger partial charge in [0.05, 0.1) is 36.5 Å². The number of hydrogen-bond acceptors (Lipinski definition) is 4. The first-order valence-electron chi connectivity index (χ1n) is 7.99. The molecule has 7 heteroatoms. The Hall–Kier alpha value is -2.15. The molecular formula is C16H23N5O2. The van der Waals surface area contributed by atoms with Crippen molar-refractivity contribution in [1.29, 1.82) is 0 Å². The fourth-order valence-corrected chi connectivity index (χ4v) is 3.18. The largest absolute Gasteiger partial charge is 0.369 e. The lowest BCUT2D eigenvalue weighted by atomic mass is 9.99. The van der Waals surface area contributed by atoms with Gasteiger partial charge in [0, 0.05) is 31.8 Å². The van der Waals surface area contributed by atoms with Crippen molar-refractivity contribution in [2.75, 3.05) is 0 Å². The molecule has 124 valence electrons. The zero-order chi connectivity index (χ0) is 16.6. The van der Waals surface area contributed by atoms with Gasteiger partial charge in [0.25, 0.3) is 5.91 Å². The predicted octanol–water partition coefficient (Wildman–Crippen LogP) is 1.59. The molecule has 0 aliphatic carbocycles. The van der Waals surface area contributed by atoms with Gasteiger partial charge in [0.2, 0.25) is 0 Å². The first-order valence-corrected chi connectivity index (χ1v) is 7.99. The van der Waals surface area contributed by atoms with Crippen molar-refractivity contribution in [3.8, 4) is 0 Å². The lowest BCUT2D eigenvalue weighted by Gasteiger charge is -2.24. The average molecular weight is 317 g/mol. The standard InChI is InChI=1S/C16H23N5O2/c1-5-21-9-17-7-12(21)8-18-16(22)15-13-6-10(2)23-11(3)14(13)19-20(15)4/h7,9-11H,5-6,8H2,1-4H3,(H,18,22)/t10-,11+/m1/s1. The molecule has 2 aromatic heterocycles. The summed E-state index contributed by atoms with van der Waals surface area (Å²) < 4.78 is 9.46. The molecule has 2 aromatic rings. The van der Waals surface area contributed by atoms with Crippen LogP contribution < -0.4 is 5.32 Å². The van der Waals surface area contributed by atoms with E-state index in [9.17, 15) is 4.79 Å². The molecule has 7 nitrogen and oxygen atoms in total. The summed E-state index contributed by atoms with van der Waals surface area (Å²) in [5.41, 5.74) is 3.49. The van der Waals surface area contributed by atoms with E-state index in [0.29, 0.717) is 18.7 Å². The van der Waals surface area contributed by atoms with E-state index in [1.807, 2.05) is 25.3 Å². The maximum Gasteiger partial charge on any atom is 0.270 e. The van der Waals surface area contributed by atoms with Crippen LogP contribution in [-0.4, -0.2) is 31.3 Å². The van der Waals surface area contributed by atoms with Gasteiger partial charge < -0.3 is 14.6 Å². The minimum Gasteiger partial charge on any atom is -0.369 e. The molecule has 0 radical (unpaired) electrons. The van der Waals surface area contributed by atoms with Crippen LogP contribution in [0.4, 0.5) is 0 Å². The van der Waals surface area contributed by atoms with Crippen LogP contribution in [-0.2, 0) is 31.3 Å². The summed E-state index contributed by atoms with van der Waals surface area (Å²) in [6, 6.07) is 0. The number of aryl methyl sites for hydroxylation is 2. The Labute approximate surface area is 135 Å². The second-order valence-electron chi connectivity index (χ2n) is 5.98. The molecule has 3 rings (SSSR count). The molecule has 1 N–H and O–H groups in total. The predicted molar refractivity (Wildman–Crippen MR) is 84.9 cm³/mol. The Balaban J connectivity index is 1.80. The summed E-state index contributed by atoms with van der Waals surface area (Å²) in [4.78, 5) is 16.8. The number of ether oxygens (including phenoxy) is 1. The molecule has 1 aliphatic rings. The molecule has 0 unspecified atom stereocenters. The van der Waals surface area contributed by atoms with E-state index in [4.69, 9.17) is 4.74 Å². The van der Waals surface area contributed by atoms with Crippen molar-refractivity contribution in [1.82, 2.24) is 24.6 Å². The van der Waals surface area contributed by atoms with Gasteiger partial charge in [-0.2, -0.15) is 5.10 Å². The smallest absolute Gasteiger partial charge is 0.270 e. The molecule has 0 saturated heterocycles. The average Bonchev–Trinajstić information content (AvgIpc) is 3.08. The molecule has 3 heterocycles. The van der Waals surface area contributed by atoms with E-state index in [1.54, 1.807) is 24.3 Å². The molecule has 2 atom stereocenters. The number of hydrogen-bond donors (Lipinski definition) is 1. The van der Waals surface area contributed by atoms with Gasteiger partial charge in [-0.25, -0.2) is 4.98 Å². The highest BCUT2D eigenvalue weighted by atomic mass is 16.5. The van der Waals surface area contributed by atoms with Gasteiger partial charge in [-0.3, -0.25) is 9.48 Å². The summed E-state index contributed by atoms with van der Waals surface area (Å²) in [7, 11) is 1.81.